The number of amides is 2. The highest BCUT2D eigenvalue weighted by atomic mass is 35.5. The number of imide groups is 1. The summed E-state index contributed by atoms with van der Waals surface area (Å²) in [5, 5.41) is 3.60. The molecule has 0 bridgehead atoms. The summed E-state index contributed by atoms with van der Waals surface area (Å²) in [6.45, 7) is 0. The third-order valence-electron chi connectivity index (χ3n) is 3.42. The Morgan fingerprint density at radius 3 is 2.32 bits per heavy atom. The van der Waals surface area contributed by atoms with Gasteiger partial charge in [0.2, 0.25) is 5.91 Å². The fraction of sp³-hybridized carbons (Fsp3) is 0.125. The molecule has 1 fully saturated rings. The number of nitrogens with one attached hydrogen (secondary N) is 1. The fourth-order valence-corrected chi connectivity index (χ4v) is 2.48. The third kappa shape index (κ3) is 2.80. The molecule has 2 amide bonds. The minimum absolute atomic E-state index is 0.0544. The van der Waals surface area contributed by atoms with Gasteiger partial charge in [-0.25, -0.2) is 9.29 Å². The van der Waals surface area contributed by atoms with E-state index in [0.29, 0.717) is 16.4 Å². The van der Waals surface area contributed by atoms with Crippen LogP contribution in [0.4, 0.5) is 15.8 Å². The highest BCUT2D eigenvalue weighted by molar-refractivity contribution is 6.30. The van der Waals surface area contributed by atoms with Gasteiger partial charge in [0.05, 0.1) is 12.1 Å². The van der Waals surface area contributed by atoms with E-state index in [1.54, 1.807) is 24.3 Å². The Kier molecular flexibility index (Phi) is 3.81. The molecule has 4 nitrogen and oxygen atoms in total. The summed E-state index contributed by atoms with van der Waals surface area (Å²) < 4.78 is 13.0. The van der Waals surface area contributed by atoms with Crippen LogP contribution >= 0.6 is 11.6 Å². The molecule has 1 atom stereocenters. The largest absolute Gasteiger partial charge is 0.373 e. The highest BCUT2D eigenvalue weighted by Gasteiger charge is 2.39. The van der Waals surface area contributed by atoms with E-state index in [2.05, 4.69) is 5.32 Å². The SMILES string of the molecule is O=C1C[C@@H](Nc2ccc(Cl)cc2)C(=O)N1c1ccc(F)cc1. The predicted octanol–water partition coefficient (Wildman–Crippen LogP) is 3.22. The van der Waals surface area contributed by atoms with Crippen molar-refractivity contribution >= 4 is 34.8 Å². The number of hydrogen-bond donors (Lipinski definition) is 1. The molecule has 0 aromatic heterocycles. The molecule has 0 spiro atoms. The van der Waals surface area contributed by atoms with Gasteiger partial charge < -0.3 is 5.32 Å². The number of benzene rings is 2. The lowest BCUT2D eigenvalue weighted by Gasteiger charge is -2.16. The average Bonchev–Trinajstić information content (AvgIpc) is 2.77. The second-order valence-electron chi connectivity index (χ2n) is 4.95. The number of rotatable bonds is 3. The summed E-state index contributed by atoms with van der Waals surface area (Å²) >= 11 is 5.81. The van der Waals surface area contributed by atoms with Gasteiger partial charge in [-0.15, -0.1) is 0 Å². The van der Waals surface area contributed by atoms with Gasteiger partial charge in [-0.2, -0.15) is 0 Å². The Morgan fingerprint density at radius 2 is 1.68 bits per heavy atom. The highest BCUT2D eigenvalue weighted by Crippen LogP contribution is 2.25. The van der Waals surface area contributed by atoms with E-state index in [1.807, 2.05) is 0 Å². The van der Waals surface area contributed by atoms with Crippen molar-refractivity contribution in [2.24, 2.45) is 0 Å². The molecule has 2 aromatic carbocycles. The maximum absolute atomic E-state index is 13.0. The summed E-state index contributed by atoms with van der Waals surface area (Å²) in [4.78, 5) is 25.5. The summed E-state index contributed by atoms with van der Waals surface area (Å²) in [7, 11) is 0. The minimum atomic E-state index is -0.640. The standard InChI is InChI=1S/C16H12ClFN2O2/c17-10-1-5-12(6-2-10)19-14-9-15(21)20(16(14)22)13-7-3-11(18)4-8-13/h1-8,14,19H,9H2/t14-/m1/s1. The van der Waals surface area contributed by atoms with Crippen LogP contribution in [-0.4, -0.2) is 17.9 Å². The van der Waals surface area contributed by atoms with Gasteiger partial charge >= 0.3 is 0 Å². The quantitative estimate of drug-likeness (QED) is 0.884. The van der Waals surface area contributed by atoms with Crippen molar-refractivity contribution < 1.29 is 14.0 Å². The molecular formula is C16H12ClFN2O2. The van der Waals surface area contributed by atoms with Gasteiger partial charge in [-0.3, -0.25) is 9.59 Å². The van der Waals surface area contributed by atoms with Crippen LogP contribution in [0.5, 0.6) is 0 Å². The first-order valence-corrected chi connectivity index (χ1v) is 7.07. The number of anilines is 2. The molecule has 1 saturated heterocycles. The van der Waals surface area contributed by atoms with Crippen molar-refractivity contribution in [3.63, 3.8) is 0 Å². The number of nitrogens with zero attached hydrogens (tertiary/aromatic N) is 1. The zero-order valence-electron chi connectivity index (χ0n) is 11.4. The Labute approximate surface area is 131 Å². The molecule has 3 rings (SSSR count). The molecule has 0 unspecified atom stereocenters. The van der Waals surface area contributed by atoms with Crippen molar-refractivity contribution in [1.29, 1.82) is 0 Å². The van der Waals surface area contributed by atoms with Crippen molar-refractivity contribution in [3.8, 4) is 0 Å². The van der Waals surface area contributed by atoms with Crippen LogP contribution in [0.15, 0.2) is 48.5 Å². The molecule has 0 aliphatic carbocycles. The lowest BCUT2D eigenvalue weighted by molar-refractivity contribution is -0.121. The van der Waals surface area contributed by atoms with Gasteiger partial charge in [0.25, 0.3) is 5.91 Å². The topological polar surface area (TPSA) is 49.4 Å². The molecule has 112 valence electrons. The molecular weight excluding hydrogens is 307 g/mol. The van der Waals surface area contributed by atoms with Gasteiger partial charge in [-0.05, 0) is 48.5 Å². The van der Waals surface area contributed by atoms with Crippen molar-refractivity contribution in [3.05, 3.63) is 59.4 Å². The smallest absolute Gasteiger partial charge is 0.256 e. The zero-order valence-corrected chi connectivity index (χ0v) is 12.2. The summed E-state index contributed by atoms with van der Waals surface area (Å²) in [6, 6.07) is 11.5. The number of halogens is 2. The second kappa shape index (κ2) is 5.77. The average molecular weight is 319 g/mol. The first-order valence-electron chi connectivity index (χ1n) is 6.69. The predicted molar refractivity (Wildman–Crippen MR) is 82.4 cm³/mol. The fourth-order valence-electron chi connectivity index (χ4n) is 2.35. The first-order chi connectivity index (χ1) is 10.5. The lowest BCUT2D eigenvalue weighted by Crippen LogP contribution is -2.34. The molecule has 1 aliphatic heterocycles. The molecule has 1 heterocycles. The zero-order chi connectivity index (χ0) is 15.7. The van der Waals surface area contributed by atoms with Crippen molar-refractivity contribution in [2.75, 3.05) is 10.2 Å². The van der Waals surface area contributed by atoms with Crippen molar-refractivity contribution in [1.82, 2.24) is 0 Å². The number of hydrogen-bond acceptors (Lipinski definition) is 3. The third-order valence-corrected chi connectivity index (χ3v) is 3.67. The van der Waals surface area contributed by atoms with Gasteiger partial charge in [-0.1, -0.05) is 11.6 Å². The van der Waals surface area contributed by atoms with Crippen LogP contribution in [0.2, 0.25) is 5.02 Å². The lowest BCUT2D eigenvalue weighted by atomic mass is 10.2. The van der Waals surface area contributed by atoms with Crippen LogP contribution in [0.1, 0.15) is 6.42 Å². The maximum Gasteiger partial charge on any atom is 0.256 e. The second-order valence-corrected chi connectivity index (χ2v) is 5.39. The minimum Gasteiger partial charge on any atom is -0.373 e. The normalized spacial score (nSPS) is 17.9. The van der Waals surface area contributed by atoms with Gasteiger partial charge in [0.1, 0.15) is 11.9 Å². The molecule has 0 saturated carbocycles. The van der Waals surface area contributed by atoms with E-state index >= 15 is 0 Å². The molecule has 1 aliphatic rings. The van der Waals surface area contributed by atoms with E-state index in [0.717, 1.165) is 4.90 Å². The van der Waals surface area contributed by atoms with Gasteiger partial charge in [0.15, 0.2) is 0 Å². The maximum atomic E-state index is 13.0. The monoisotopic (exact) mass is 318 g/mol. The summed E-state index contributed by atoms with van der Waals surface area (Å²) in [5.74, 6) is -1.09. The Balaban J connectivity index is 1.79. The van der Waals surface area contributed by atoms with E-state index in [1.165, 1.54) is 24.3 Å². The van der Waals surface area contributed by atoms with Crippen molar-refractivity contribution in [2.45, 2.75) is 12.5 Å². The molecule has 1 N–H and O–H groups in total. The Bertz CT molecular complexity index is 716. The van der Waals surface area contributed by atoms with Crippen LogP contribution < -0.4 is 10.2 Å². The Morgan fingerprint density at radius 1 is 1.05 bits per heavy atom. The number of carbonyl (C=O) groups is 2. The summed E-state index contributed by atoms with van der Waals surface area (Å²) in [6.07, 6.45) is 0.0544. The summed E-state index contributed by atoms with van der Waals surface area (Å²) in [5.41, 5.74) is 1.08. The van der Waals surface area contributed by atoms with E-state index in [-0.39, 0.29) is 18.2 Å². The Hall–Kier alpha value is -2.40. The van der Waals surface area contributed by atoms with E-state index in [9.17, 15) is 14.0 Å². The van der Waals surface area contributed by atoms with E-state index < -0.39 is 11.9 Å². The van der Waals surface area contributed by atoms with Crippen LogP contribution in [-0.2, 0) is 9.59 Å². The molecule has 2 aromatic rings. The first kappa shape index (κ1) is 14.5. The van der Waals surface area contributed by atoms with E-state index in [4.69, 9.17) is 11.6 Å². The van der Waals surface area contributed by atoms with Crippen LogP contribution in [0, 0.1) is 5.82 Å². The molecule has 22 heavy (non-hydrogen) atoms. The van der Waals surface area contributed by atoms with Crippen LogP contribution in [0.3, 0.4) is 0 Å². The van der Waals surface area contributed by atoms with Gasteiger partial charge in [0, 0.05) is 10.7 Å². The molecule has 6 heteroatoms. The molecule has 0 radical (unpaired) electrons. The number of carbonyl (C=O) groups excluding carboxylic acids is 2. The van der Waals surface area contributed by atoms with Crippen LogP contribution in [0.25, 0.3) is 0 Å².